The Morgan fingerprint density at radius 2 is 2.20 bits per heavy atom. The van der Waals surface area contributed by atoms with Crippen LogP contribution in [0, 0.1) is 0 Å². The molecule has 0 atom stereocenters. The molecule has 0 aliphatic carbocycles. The van der Waals surface area contributed by atoms with Gasteiger partial charge in [-0.15, -0.1) is 0 Å². The molecule has 0 aliphatic rings. The molecule has 1 amide bonds. The van der Waals surface area contributed by atoms with Crippen LogP contribution in [0.5, 0.6) is 0 Å². The molecule has 0 radical (unpaired) electrons. The van der Waals surface area contributed by atoms with E-state index in [4.69, 9.17) is 5.73 Å². The molecule has 0 saturated heterocycles. The fourth-order valence-electron chi connectivity index (χ4n) is 0.676. The molecule has 60 valence electrons. The van der Waals surface area contributed by atoms with Gasteiger partial charge in [-0.2, -0.15) is 0 Å². The van der Waals surface area contributed by atoms with Crippen molar-refractivity contribution in [1.82, 2.24) is 4.90 Å². The molecule has 0 rings (SSSR count). The van der Waals surface area contributed by atoms with Crippen molar-refractivity contribution in [3.8, 4) is 0 Å². The second-order valence-corrected chi connectivity index (χ2v) is 2.37. The predicted molar refractivity (Wildman–Crippen MR) is 41.6 cm³/mol. The Kier molecular flexibility index (Phi) is 4.94. The lowest BCUT2D eigenvalue weighted by atomic mass is 10.3. The summed E-state index contributed by atoms with van der Waals surface area (Å²) >= 11 is 0. The van der Waals surface area contributed by atoms with Crippen LogP contribution >= 0.6 is 0 Å². The quantitative estimate of drug-likeness (QED) is 0.613. The number of rotatable bonds is 4. The fraction of sp³-hybridized carbons (Fsp3) is 0.857. The smallest absolute Gasteiger partial charge is 0.236 e. The minimum atomic E-state index is 0.0217. The van der Waals surface area contributed by atoms with Crippen LogP contribution in [0.1, 0.15) is 19.8 Å². The van der Waals surface area contributed by atoms with Crippen LogP contribution in [0.25, 0.3) is 0 Å². The highest BCUT2D eigenvalue weighted by atomic mass is 16.2. The van der Waals surface area contributed by atoms with E-state index in [1.807, 2.05) is 0 Å². The van der Waals surface area contributed by atoms with Gasteiger partial charge >= 0.3 is 0 Å². The molecule has 0 unspecified atom stereocenters. The molecular weight excluding hydrogens is 128 g/mol. The summed E-state index contributed by atoms with van der Waals surface area (Å²) in [6, 6.07) is 0. The number of hydrogen-bond donors (Lipinski definition) is 1. The molecule has 0 aliphatic heterocycles. The maximum atomic E-state index is 10.8. The van der Waals surface area contributed by atoms with Gasteiger partial charge in [-0.25, -0.2) is 0 Å². The van der Waals surface area contributed by atoms with Gasteiger partial charge in [-0.3, -0.25) is 4.79 Å². The van der Waals surface area contributed by atoms with Crippen molar-refractivity contribution in [2.75, 3.05) is 20.1 Å². The average Bonchev–Trinajstić information content (AvgIpc) is 1.98. The number of unbranched alkanes of at least 4 members (excludes halogenated alkanes) is 1. The molecule has 0 bridgehead atoms. The van der Waals surface area contributed by atoms with Gasteiger partial charge in [-0.1, -0.05) is 13.3 Å². The van der Waals surface area contributed by atoms with Gasteiger partial charge in [0.25, 0.3) is 0 Å². The monoisotopic (exact) mass is 144 g/mol. The molecular formula is C7H16N2O. The predicted octanol–water partition coefficient (Wildman–Crippen LogP) is 0.204. The first-order valence-corrected chi connectivity index (χ1v) is 3.66. The lowest BCUT2D eigenvalue weighted by Crippen LogP contribution is -2.33. The molecule has 10 heavy (non-hydrogen) atoms. The van der Waals surface area contributed by atoms with Crippen molar-refractivity contribution in [3.05, 3.63) is 0 Å². The molecule has 0 aromatic carbocycles. The van der Waals surface area contributed by atoms with Gasteiger partial charge in [0.15, 0.2) is 0 Å². The number of hydrogen-bond acceptors (Lipinski definition) is 2. The molecule has 3 heteroatoms. The molecule has 0 fully saturated rings. The van der Waals surface area contributed by atoms with Gasteiger partial charge in [-0.05, 0) is 6.42 Å². The molecule has 0 aromatic rings. The van der Waals surface area contributed by atoms with Crippen molar-refractivity contribution in [2.45, 2.75) is 19.8 Å². The first-order valence-electron chi connectivity index (χ1n) is 3.66. The Balaban J connectivity index is 3.41. The second-order valence-electron chi connectivity index (χ2n) is 2.37. The van der Waals surface area contributed by atoms with E-state index in [2.05, 4.69) is 6.92 Å². The van der Waals surface area contributed by atoms with Crippen molar-refractivity contribution in [3.63, 3.8) is 0 Å². The second kappa shape index (κ2) is 5.23. The van der Waals surface area contributed by atoms with E-state index in [1.165, 1.54) is 0 Å². The molecule has 0 heterocycles. The number of likely N-dealkylation sites (N-methyl/N-ethyl adjacent to an activating group) is 1. The molecule has 0 aromatic heterocycles. The minimum absolute atomic E-state index is 0.0217. The summed E-state index contributed by atoms with van der Waals surface area (Å²) in [4.78, 5) is 12.5. The van der Waals surface area contributed by atoms with Crippen LogP contribution in [0.15, 0.2) is 0 Å². The van der Waals surface area contributed by atoms with E-state index in [9.17, 15) is 4.79 Å². The summed E-state index contributed by atoms with van der Waals surface area (Å²) in [6.45, 7) is 3.05. The van der Waals surface area contributed by atoms with Crippen LogP contribution < -0.4 is 5.73 Å². The summed E-state index contributed by atoms with van der Waals surface area (Å²) < 4.78 is 0. The SMILES string of the molecule is CCCCN(C)C(=O)CN. The van der Waals surface area contributed by atoms with Gasteiger partial charge in [0.05, 0.1) is 6.54 Å². The highest BCUT2D eigenvalue weighted by Crippen LogP contribution is 1.90. The van der Waals surface area contributed by atoms with Crippen LogP contribution in [-0.2, 0) is 4.79 Å². The normalized spacial score (nSPS) is 9.50. The maximum absolute atomic E-state index is 10.8. The zero-order chi connectivity index (χ0) is 7.98. The Labute approximate surface area is 62.2 Å². The molecule has 2 N–H and O–H groups in total. The largest absolute Gasteiger partial charge is 0.345 e. The summed E-state index contributed by atoms with van der Waals surface area (Å²) in [5.41, 5.74) is 5.15. The Bertz CT molecular complexity index is 104. The van der Waals surface area contributed by atoms with E-state index >= 15 is 0 Å². The van der Waals surface area contributed by atoms with Gasteiger partial charge in [0.2, 0.25) is 5.91 Å². The molecule has 3 nitrogen and oxygen atoms in total. The number of carbonyl (C=O) groups excluding carboxylic acids is 1. The van der Waals surface area contributed by atoms with Crippen LogP contribution in [-0.4, -0.2) is 30.9 Å². The van der Waals surface area contributed by atoms with Crippen LogP contribution in [0.3, 0.4) is 0 Å². The third kappa shape index (κ3) is 3.45. The van der Waals surface area contributed by atoms with Gasteiger partial charge < -0.3 is 10.6 Å². The summed E-state index contributed by atoms with van der Waals surface area (Å²) in [5, 5.41) is 0. The fourth-order valence-corrected chi connectivity index (χ4v) is 0.676. The Hall–Kier alpha value is -0.570. The summed E-state index contributed by atoms with van der Waals surface area (Å²) in [6.07, 6.45) is 2.17. The molecule has 0 spiro atoms. The van der Waals surface area contributed by atoms with Crippen molar-refractivity contribution in [1.29, 1.82) is 0 Å². The van der Waals surface area contributed by atoms with E-state index < -0.39 is 0 Å². The standard InChI is InChI=1S/C7H16N2O/c1-3-4-5-9(2)7(10)6-8/h3-6,8H2,1-2H3. The topological polar surface area (TPSA) is 46.3 Å². The first kappa shape index (κ1) is 9.43. The lowest BCUT2D eigenvalue weighted by molar-refractivity contribution is -0.128. The summed E-state index contributed by atoms with van der Waals surface area (Å²) in [5.74, 6) is 0.0217. The van der Waals surface area contributed by atoms with E-state index in [-0.39, 0.29) is 12.5 Å². The molecule has 0 saturated carbocycles. The number of nitrogens with zero attached hydrogens (tertiary/aromatic N) is 1. The summed E-state index contributed by atoms with van der Waals surface area (Å²) in [7, 11) is 1.78. The maximum Gasteiger partial charge on any atom is 0.236 e. The van der Waals surface area contributed by atoms with Crippen LogP contribution in [0.2, 0.25) is 0 Å². The average molecular weight is 144 g/mol. The number of amides is 1. The Morgan fingerprint density at radius 3 is 2.60 bits per heavy atom. The van der Waals surface area contributed by atoms with E-state index in [0.29, 0.717) is 0 Å². The Morgan fingerprint density at radius 1 is 1.60 bits per heavy atom. The van der Waals surface area contributed by atoms with Gasteiger partial charge in [0, 0.05) is 13.6 Å². The zero-order valence-electron chi connectivity index (χ0n) is 6.76. The van der Waals surface area contributed by atoms with Crippen molar-refractivity contribution >= 4 is 5.91 Å². The minimum Gasteiger partial charge on any atom is -0.345 e. The highest BCUT2D eigenvalue weighted by Gasteiger charge is 2.03. The van der Waals surface area contributed by atoms with Crippen molar-refractivity contribution in [2.24, 2.45) is 5.73 Å². The first-order chi connectivity index (χ1) is 4.72. The third-order valence-corrected chi connectivity index (χ3v) is 1.45. The third-order valence-electron chi connectivity index (χ3n) is 1.45. The van der Waals surface area contributed by atoms with E-state index in [1.54, 1.807) is 11.9 Å². The lowest BCUT2D eigenvalue weighted by Gasteiger charge is -2.14. The van der Waals surface area contributed by atoms with Crippen molar-refractivity contribution < 1.29 is 4.79 Å². The van der Waals surface area contributed by atoms with Gasteiger partial charge in [0.1, 0.15) is 0 Å². The number of nitrogens with two attached hydrogens (primary N) is 1. The number of carbonyl (C=O) groups is 1. The van der Waals surface area contributed by atoms with Crippen LogP contribution in [0.4, 0.5) is 0 Å². The zero-order valence-corrected chi connectivity index (χ0v) is 6.76. The van der Waals surface area contributed by atoms with E-state index in [0.717, 1.165) is 19.4 Å². The highest BCUT2D eigenvalue weighted by molar-refractivity contribution is 5.77.